The first-order valence-electron chi connectivity index (χ1n) is 7.22. The molecule has 0 N–H and O–H groups in total. The number of rotatable bonds is 4. The largest absolute Gasteiger partial charge is 0.292 e. The molecule has 0 amide bonds. The Balaban J connectivity index is 2.02. The van der Waals surface area contributed by atoms with Gasteiger partial charge >= 0.3 is 0 Å². The predicted octanol–water partition coefficient (Wildman–Crippen LogP) is 3.29. The molecule has 0 radical (unpaired) electrons. The van der Waals surface area contributed by atoms with Crippen LogP contribution in [0.25, 0.3) is 10.2 Å². The van der Waals surface area contributed by atoms with Crippen LogP contribution in [0.5, 0.6) is 0 Å². The molecule has 2 heterocycles. The molecule has 6 nitrogen and oxygen atoms in total. The van der Waals surface area contributed by atoms with Crippen LogP contribution in [-0.4, -0.2) is 14.5 Å². The number of nitro groups is 1. The van der Waals surface area contributed by atoms with Gasteiger partial charge in [-0.25, -0.2) is 4.98 Å². The average Bonchev–Trinajstić information content (AvgIpc) is 2.95. The molecule has 118 valence electrons. The van der Waals surface area contributed by atoms with Crippen LogP contribution in [0.3, 0.4) is 0 Å². The summed E-state index contributed by atoms with van der Waals surface area (Å²) in [5.74, 6) is 0.644. The molecule has 0 aliphatic heterocycles. The van der Waals surface area contributed by atoms with E-state index in [4.69, 9.17) is 0 Å². The molecule has 0 unspecified atom stereocenters. The van der Waals surface area contributed by atoms with Crippen molar-refractivity contribution in [2.45, 2.75) is 26.8 Å². The average molecular weight is 329 g/mol. The second-order valence-corrected chi connectivity index (χ2v) is 6.37. The molecule has 7 heteroatoms. The smallest absolute Gasteiger partial charge is 0.269 e. The van der Waals surface area contributed by atoms with Crippen molar-refractivity contribution in [3.63, 3.8) is 0 Å². The van der Waals surface area contributed by atoms with Gasteiger partial charge in [0.05, 0.1) is 16.9 Å². The Morgan fingerprint density at radius 2 is 2.00 bits per heavy atom. The lowest BCUT2D eigenvalue weighted by atomic mass is 10.2. The van der Waals surface area contributed by atoms with Crippen LogP contribution in [0, 0.1) is 17.0 Å². The highest BCUT2D eigenvalue weighted by molar-refractivity contribution is 7.18. The van der Waals surface area contributed by atoms with Crippen LogP contribution >= 0.6 is 11.3 Å². The third kappa shape index (κ3) is 2.87. The fourth-order valence-electron chi connectivity index (χ4n) is 2.43. The molecule has 23 heavy (non-hydrogen) atoms. The Labute approximate surface area is 136 Å². The van der Waals surface area contributed by atoms with Crippen molar-refractivity contribution in [3.05, 3.63) is 67.1 Å². The van der Waals surface area contributed by atoms with Gasteiger partial charge in [-0.1, -0.05) is 19.1 Å². The zero-order valence-corrected chi connectivity index (χ0v) is 13.6. The molecule has 0 aliphatic carbocycles. The van der Waals surface area contributed by atoms with Crippen LogP contribution in [0.2, 0.25) is 0 Å². The fraction of sp³-hybridized carbons (Fsp3) is 0.250. The summed E-state index contributed by atoms with van der Waals surface area (Å²) in [6, 6.07) is 8.13. The van der Waals surface area contributed by atoms with E-state index in [-0.39, 0.29) is 11.2 Å². The zero-order chi connectivity index (χ0) is 16.6. The molecule has 3 rings (SSSR count). The minimum Gasteiger partial charge on any atom is -0.292 e. The van der Waals surface area contributed by atoms with Crippen LogP contribution < -0.4 is 5.56 Å². The van der Waals surface area contributed by atoms with E-state index in [0.717, 1.165) is 21.7 Å². The Morgan fingerprint density at radius 3 is 2.61 bits per heavy atom. The highest BCUT2D eigenvalue weighted by Crippen LogP contribution is 2.22. The van der Waals surface area contributed by atoms with Gasteiger partial charge in [0.1, 0.15) is 10.7 Å². The number of aromatic nitrogens is 2. The van der Waals surface area contributed by atoms with Gasteiger partial charge in [0.25, 0.3) is 11.2 Å². The highest BCUT2D eigenvalue weighted by atomic mass is 32.1. The van der Waals surface area contributed by atoms with E-state index >= 15 is 0 Å². The zero-order valence-electron chi connectivity index (χ0n) is 12.8. The van der Waals surface area contributed by atoms with Gasteiger partial charge in [-0.2, -0.15) is 0 Å². The van der Waals surface area contributed by atoms with E-state index in [9.17, 15) is 14.9 Å². The topological polar surface area (TPSA) is 78.0 Å². The van der Waals surface area contributed by atoms with Crippen LogP contribution in [0.15, 0.2) is 35.1 Å². The third-order valence-electron chi connectivity index (χ3n) is 3.73. The summed E-state index contributed by atoms with van der Waals surface area (Å²) >= 11 is 1.55. The molecule has 0 fully saturated rings. The van der Waals surface area contributed by atoms with Crippen molar-refractivity contribution in [1.29, 1.82) is 0 Å². The van der Waals surface area contributed by atoms with Gasteiger partial charge in [-0.15, -0.1) is 11.3 Å². The van der Waals surface area contributed by atoms with Crippen LogP contribution in [0.4, 0.5) is 5.69 Å². The summed E-state index contributed by atoms with van der Waals surface area (Å²) in [6.45, 7) is 4.20. The summed E-state index contributed by atoms with van der Waals surface area (Å²) in [6.07, 6.45) is 0.877. The van der Waals surface area contributed by atoms with Crippen molar-refractivity contribution in [2.75, 3.05) is 0 Å². The molecule has 0 atom stereocenters. The maximum absolute atomic E-state index is 12.7. The van der Waals surface area contributed by atoms with E-state index in [1.54, 1.807) is 35.0 Å². The van der Waals surface area contributed by atoms with Crippen LogP contribution in [0.1, 0.15) is 23.2 Å². The van der Waals surface area contributed by atoms with Crippen molar-refractivity contribution in [1.82, 2.24) is 9.55 Å². The second kappa shape index (κ2) is 5.92. The van der Waals surface area contributed by atoms with E-state index in [2.05, 4.69) is 4.98 Å². The maximum Gasteiger partial charge on any atom is 0.269 e. The minimum absolute atomic E-state index is 0.0387. The number of nitrogens with zero attached hydrogens (tertiary/aromatic N) is 3. The molecule has 0 saturated heterocycles. The normalized spacial score (nSPS) is 11.0. The van der Waals surface area contributed by atoms with Gasteiger partial charge in [0.15, 0.2) is 0 Å². The van der Waals surface area contributed by atoms with Crippen molar-refractivity contribution >= 4 is 27.2 Å². The van der Waals surface area contributed by atoms with Gasteiger partial charge in [0, 0.05) is 17.0 Å². The third-order valence-corrected chi connectivity index (χ3v) is 4.90. The highest BCUT2D eigenvalue weighted by Gasteiger charge is 2.12. The number of fused-ring (bicyclic) bond motifs is 1. The Bertz CT molecular complexity index is 942. The number of benzene rings is 1. The lowest BCUT2D eigenvalue weighted by Gasteiger charge is -2.09. The van der Waals surface area contributed by atoms with Gasteiger partial charge in [-0.05, 0) is 25.0 Å². The first kappa shape index (κ1) is 15.4. The van der Waals surface area contributed by atoms with Gasteiger partial charge in [-0.3, -0.25) is 19.5 Å². The van der Waals surface area contributed by atoms with Gasteiger partial charge < -0.3 is 0 Å². The fourth-order valence-corrected chi connectivity index (χ4v) is 3.44. The molecule has 3 aromatic rings. The van der Waals surface area contributed by atoms with E-state index in [1.165, 1.54) is 12.1 Å². The van der Waals surface area contributed by atoms with E-state index in [0.29, 0.717) is 17.8 Å². The summed E-state index contributed by atoms with van der Waals surface area (Å²) in [5, 5.41) is 11.3. The quantitative estimate of drug-likeness (QED) is 0.543. The number of hydrogen-bond acceptors (Lipinski definition) is 5. The summed E-state index contributed by atoms with van der Waals surface area (Å²) in [7, 11) is 0. The summed E-state index contributed by atoms with van der Waals surface area (Å²) in [4.78, 5) is 29.4. The Hall–Kier alpha value is -2.54. The van der Waals surface area contributed by atoms with Crippen molar-refractivity contribution in [2.24, 2.45) is 0 Å². The standard InChI is InChI=1S/C16H15N3O3S/c1-3-13-8-14-15(23-13)17-10(2)18(16(14)20)9-11-4-6-12(7-5-11)19(21)22/h4-8H,3,9H2,1-2H3. The Kier molecular flexibility index (Phi) is 3.96. The van der Waals surface area contributed by atoms with Gasteiger partial charge in [0.2, 0.25) is 0 Å². The molecular formula is C16H15N3O3S. The number of non-ortho nitro benzene ring substituents is 1. The molecular weight excluding hydrogens is 314 g/mol. The minimum atomic E-state index is -0.438. The summed E-state index contributed by atoms with van der Waals surface area (Å²) in [5.41, 5.74) is 0.798. The number of aryl methyl sites for hydroxylation is 2. The molecule has 1 aromatic carbocycles. The Morgan fingerprint density at radius 1 is 1.30 bits per heavy atom. The summed E-state index contributed by atoms with van der Waals surface area (Å²) < 4.78 is 1.61. The monoisotopic (exact) mass is 329 g/mol. The SMILES string of the molecule is CCc1cc2c(=O)n(Cc3ccc([N+](=O)[O-])cc3)c(C)nc2s1. The maximum atomic E-state index is 12.7. The number of thiophene rings is 1. The second-order valence-electron chi connectivity index (χ2n) is 5.26. The number of hydrogen-bond donors (Lipinski definition) is 0. The van der Waals surface area contributed by atoms with Crippen molar-refractivity contribution in [3.8, 4) is 0 Å². The lowest BCUT2D eigenvalue weighted by Crippen LogP contribution is -2.23. The van der Waals surface area contributed by atoms with E-state index in [1.807, 2.05) is 13.0 Å². The molecule has 0 aliphatic rings. The molecule has 0 spiro atoms. The first-order valence-corrected chi connectivity index (χ1v) is 8.04. The van der Waals surface area contributed by atoms with Crippen molar-refractivity contribution < 1.29 is 4.92 Å². The van der Waals surface area contributed by atoms with E-state index < -0.39 is 4.92 Å². The van der Waals surface area contributed by atoms with Crippen LogP contribution in [-0.2, 0) is 13.0 Å². The lowest BCUT2D eigenvalue weighted by molar-refractivity contribution is -0.384. The molecule has 0 bridgehead atoms. The first-order chi connectivity index (χ1) is 11.0. The molecule has 0 saturated carbocycles. The predicted molar refractivity (Wildman–Crippen MR) is 90.2 cm³/mol. The molecule has 2 aromatic heterocycles. The number of nitro benzene ring substituents is 1.